The van der Waals surface area contributed by atoms with E-state index in [1.807, 2.05) is 0 Å². The average molecular weight is 398 g/mol. The summed E-state index contributed by atoms with van der Waals surface area (Å²) in [4.78, 5) is 27.2. The molecule has 6 nitrogen and oxygen atoms in total. The van der Waals surface area contributed by atoms with E-state index in [-0.39, 0.29) is 23.8 Å². The fraction of sp³-hybridized carbons (Fsp3) is 0.500. The Morgan fingerprint density at radius 2 is 1.86 bits per heavy atom. The van der Waals surface area contributed by atoms with Crippen LogP contribution in [0.25, 0.3) is 11.3 Å². The third kappa shape index (κ3) is 4.72. The largest absolute Gasteiger partial charge is 0.354 e. The second kappa shape index (κ2) is 8.86. The Balaban J connectivity index is 1.38. The predicted octanol–water partition coefficient (Wildman–Crippen LogP) is 2.43. The summed E-state index contributed by atoms with van der Waals surface area (Å²) >= 11 is 0. The highest BCUT2D eigenvalue weighted by atomic mass is 19.1. The molecule has 0 radical (unpaired) electrons. The van der Waals surface area contributed by atoms with Crippen LogP contribution in [0, 0.1) is 11.7 Å². The van der Waals surface area contributed by atoms with Crippen molar-refractivity contribution in [3.63, 3.8) is 0 Å². The van der Waals surface area contributed by atoms with Crippen LogP contribution >= 0.6 is 0 Å². The first-order valence-electron chi connectivity index (χ1n) is 10.4. The van der Waals surface area contributed by atoms with Crippen LogP contribution in [0.5, 0.6) is 0 Å². The molecule has 0 spiro atoms. The number of rotatable bonds is 5. The van der Waals surface area contributed by atoms with E-state index < -0.39 is 0 Å². The zero-order valence-corrected chi connectivity index (χ0v) is 16.5. The first kappa shape index (κ1) is 19.8. The van der Waals surface area contributed by atoms with Gasteiger partial charge in [-0.05, 0) is 75.0 Å². The number of aromatic nitrogens is 2. The van der Waals surface area contributed by atoms with Gasteiger partial charge in [-0.1, -0.05) is 6.42 Å². The van der Waals surface area contributed by atoms with Crippen molar-refractivity contribution >= 4 is 5.91 Å². The molecule has 2 saturated heterocycles. The number of benzene rings is 1. The maximum Gasteiger partial charge on any atom is 0.267 e. The van der Waals surface area contributed by atoms with Crippen LogP contribution in [-0.4, -0.2) is 46.3 Å². The fourth-order valence-electron chi connectivity index (χ4n) is 4.59. The summed E-state index contributed by atoms with van der Waals surface area (Å²) in [6.45, 7) is 2.87. The number of carbonyl (C=O) groups is 1. The second-order valence-corrected chi connectivity index (χ2v) is 8.03. The minimum absolute atomic E-state index is 0.116. The summed E-state index contributed by atoms with van der Waals surface area (Å²) in [5.41, 5.74) is 0.893. The molecule has 2 aliphatic heterocycles. The first-order valence-corrected chi connectivity index (χ1v) is 10.4. The first-order chi connectivity index (χ1) is 14.1. The van der Waals surface area contributed by atoms with Gasteiger partial charge in [-0.25, -0.2) is 9.07 Å². The van der Waals surface area contributed by atoms with Crippen LogP contribution < -0.4 is 10.9 Å². The van der Waals surface area contributed by atoms with Crippen molar-refractivity contribution in [1.82, 2.24) is 20.0 Å². The molecular weight excluding hydrogens is 371 g/mol. The molecule has 0 aliphatic carbocycles. The lowest BCUT2D eigenvalue weighted by atomic mass is 9.83. The van der Waals surface area contributed by atoms with Gasteiger partial charge in [0.2, 0.25) is 5.91 Å². The molecule has 7 heteroatoms. The molecule has 2 aliphatic rings. The van der Waals surface area contributed by atoms with Crippen LogP contribution in [0.4, 0.5) is 4.39 Å². The van der Waals surface area contributed by atoms with Crippen molar-refractivity contribution in [2.24, 2.45) is 5.92 Å². The van der Waals surface area contributed by atoms with Gasteiger partial charge in [-0.2, -0.15) is 5.10 Å². The molecule has 1 amide bonds. The van der Waals surface area contributed by atoms with Gasteiger partial charge in [0.25, 0.3) is 5.56 Å². The molecule has 2 unspecified atom stereocenters. The summed E-state index contributed by atoms with van der Waals surface area (Å²) < 4.78 is 14.3. The number of fused-ring (bicyclic) bond motifs is 1. The molecule has 29 heavy (non-hydrogen) atoms. The van der Waals surface area contributed by atoms with Gasteiger partial charge in [0.1, 0.15) is 12.4 Å². The number of halogens is 1. The normalized spacial score (nSPS) is 22.1. The number of amides is 1. The summed E-state index contributed by atoms with van der Waals surface area (Å²) in [7, 11) is 0. The Labute approximate surface area is 169 Å². The topological polar surface area (TPSA) is 67.2 Å². The lowest BCUT2D eigenvalue weighted by Gasteiger charge is -2.44. The van der Waals surface area contributed by atoms with Crippen LogP contribution in [0.15, 0.2) is 41.2 Å². The lowest BCUT2D eigenvalue weighted by molar-refractivity contribution is -0.122. The van der Waals surface area contributed by atoms with Gasteiger partial charge >= 0.3 is 0 Å². The van der Waals surface area contributed by atoms with Crippen molar-refractivity contribution in [3.05, 3.63) is 52.6 Å². The highest BCUT2D eigenvalue weighted by Gasteiger charge is 2.32. The van der Waals surface area contributed by atoms with Gasteiger partial charge in [-0.3, -0.25) is 9.59 Å². The van der Waals surface area contributed by atoms with Crippen molar-refractivity contribution in [3.8, 4) is 11.3 Å². The highest BCUT2D eigenvalue weighted by molar-refractivity contribution is 5.75. The number of nitrogens with zero attached hydrogens (tertiary/aromatic N) is 3. The SMILES string of the molecule is O=C(Cn1nc(-c2ccc(F)cc2)ccc1=O)NCC1CCCN2CCCCC12. The Kier molecular flexibility index (Phi) is 6.04. The maximum atomic E-state index is 13.1. The average Bonchev–Trinajstić information content (AvgIpc) is 2.74. The Morgan fingerprint density at radius 1 is 1.07 bits per heavy atom. The highest BCUT2D eigenvalue weighted by Crippen LogP contribution is 2.30. The van der Waals surface area contributed by atoms with Gasteiger partial charge < -0.3 is 10.2 Å². The molecule has 1 N–H and O–H groups in total. The molecule has 2 atom stereocenters. The second-order valence-electron chi connectivity index (χ2n) is 8.03. The van der Waals surface area contributed by atoms with Gasteiger partial charge in [0.15, 0.2) is 0 Å². The summed E-state index contributed by atoms with van der Waals surface area (Å²) in [6, 6.07) is 9.44. The summed E-state index contributed by atoms with van der Waals surface area (Å²) in [5, 5.41) is 7.30. The number of hydrogen-bond donors (Lipinski definition) is 1. The van der Waals surface area contributed by atoms with Gasteiger partial charge in [-0.15, -0.1) is 0 Å². The van der Waals surface area contributed by atoms with Crippen molar-refractivity contribution in [1.29, 1.82) is 0 Å². The molecule has 0 saturated carbocycles. The van der Waals surface area contributed by atoms with Crippen LogP contribution in [0.2, 0.25) is 0 Å². The number of piperidine rings is 2. The predicted molar refractivity (Wildman–Crippen MR) is 109 cm³/mol. The number of hydrogen-bond acceptors (Lipinski definition) is 4. The third-order valence-electron chi connectivity index (χ3n) is 6.09. The third-order valence-corrected chi connectivity index (χ3v) is 6.09. The fourth-order valence-corrected chi connectivity index (χ4v) is 4.59. The van der Waals surface area contributed by atoms with Crippen LogP contribution in [-0.2, 0) is 11.3 Å². The van der Waals surface area contributed by atoms with Gasteiger partial charge in [0.05, 0.1) is 5.69 Å². The Bertz CT molecular complexity index is 910. The number of nitrogens with one attached hydrogen (secondary N) is 1. The monoisotopic (exact) mass is 398 g/mol. The van der Waals surface area contributed by atoms with E-state index in [0.29, 0.717) is 29.8 Å². The molecule has 3 heterocycles. The van der Waals surface area contributed by atoms with Crippen LogP contribution in [0.1, 0.15) is 32.1 Å². The molecule has 2 aromatic rings. The number of carbonyl (C=O) groups excluding carboxylic acids is 1. The molecule has 0 bridgehead atoms. The molecule has 2 fully saturated rings. The lowest BCUT2D eigenvalue weighted by Crippen LogP contribution is -2.51. The summed E-state index contributed by atoms with van der Waals surface area (Å²) in [5.74, 6) is -0.0623. The van der Waals surface area contributed by atoms with Crippen molar-refractivity contribution in [2.75, 3.05) is 19.6 Å². The van der Waals surface area contributed by atoms with E-state index in [2.05, 4.69) is 15.3 Å². The zero-order chi connectivity index (χ0) is 20.2. The Morgan fingerprint density at radius 3 is 2.69 bits per heavy atom. The van der Waals surface area contributed by atoms with E-state index in [4.69, 9.17) is 0 Å². The molecule has 4 rings (SSSR count). The Hall–Kier alpha value is -2.54. The van der Waals surface area contributed by atoms with Gasteiger partial charge in [0, 0.05) is 24.2 Å². The minimum atomic E-state index is -0.333. The molecule has 1 aromatic carbocycles. The van der Waals surface area contributed by atoms with Crippen LogP contribution in [0.3, 0.4) is 0 Å². The molecule has 1 aromatic heterocycles. The minimum Gasteiger partial charge on any atom is -0.354 e. The van der Waals surface area contributed by atoms with Crippen molar-refractivity contribution in [2.45, 2.75) is 44.7 Å². The van der Waals surface area contributed by atoms with E-state index in [1.54, 1.807) is 18.2 Å². The standard InChI is InChI=1S/C22H27FN4O2/c23-18-8-6-16(7-9-18)19-10-11-22(29)27(25-19)15-21(28)24-14-17-4-3-13-26-12-2-1-5-20(17)26/h6-11,17,20H,1-5,12-15H2,(H,24,28). The van der Waals surface area contributed by atoms with E-state index >= 15 is 0 Å². The van der Waals surface area contributed by atoms with E-state index in [0.717, 1.165) is 6.42 Å². The van der Waals surface area contributed by atoms with E-state index in [1.165, 1.54) is 61.7 Å². The zero-order valence-electron chi connectivity index (χ0n) is 16.5. The summed E-state index contributed by atoms with van der Waals surface area (Å²) in [6.07, 6.45) is 6.06. The quantitative estimate of drug-likeness (QED) is 0.840. The molecule has 154 valence electrons. The maximum absolute atomic E-state index is 13.1. The smallest absolute Gasteiger partial charge is 0.267 e. The van der Waals surface area contributed by atoms with E-state index in [9.17, 15) is 14.0 Å². The van der Waals surface area contributed by atoms with Crippen molar-refractivity contribution < 1.29 is 9.18 Å². The molecular formula is C22H27FN4O2.